The maximum absolute atomic E-state index is 11.5. The minimum atomic E-state index is -0.416. The molecule has 0 aliphatic heterocycles. The number of nitro benzene ring substituents is 1. The minimum Gasteiger partial charge on any atom is -0.350 e. The van der Waals surface area contributed by atoms with Gasteiger partial charge in [-0.15, -0.1) is 10.2 Å². The fraction of sp³-hybridized carbons (Fsp3) is 0.190. The zero-order valence-corrected chi connectivity index (χ0v) is 17.5. The molecule has 1 N–H and O–H groups in total. The van der Waals surface area contributed by atoms with Gasteiger partial charge >= 0.3 is 0 Å². The van der Waals surface area contributed by atoms with Crippen molar-refractivity contribution in [2.24, 2.45) is 7.05 Å². The molecule has 2 heterocycles. The van der Waals surface area contributed by atoms with Crippen LogP contribution in [0.4, 0.5) is 5.69 Å². The average Bonchev–Trinajstić information content (AvgIpc) is 3.30. The number of hydrogen-bond acceptors (Lipinski definition) is 6. The normalized spacial score (nSPS) is 11.2. The maximum atomic E-state index is 11.5. The Balaban J connectivity index is 1.78. The van der Waals surface area contributed by atoms with E-state index in [2.05, 4.69) is 25.9 Å². The molecular weight excluding hydrogens is 402 g/mol. The van der Waals surface area contributed by atoms with E-state index in [-0.39, 0.29) is 17.2 Å². The standard InChI is InChI=1S/C21H19N5O3S/c1-12-10-25(3)19-5-4-14(9-18(12)19)15-6-16(8-17(7-15)26(28)29)20-22-21(24-23-20)30-11-13(2)27/h4-10H,11H2,1-3H3,(H,22,23,24). The molecule has 0 radical (unpaired) electrons. The summed E-state index contributed by atoms with van der Waals surface area (Å²) in [4.78, 5) is 25.3. The zero-order chi connectivity index (χ0) is 21.4. The number of aryl methyl sites for hydroxylation is 2. The van der Waals surface area contributed by atoms with Crippen LogP contribution in [-0.2, 0) is 11.8 Å². The highest BCUT2D eigenvalue weighted by molar-refractivity contribution is 7.99. The van der Waals surface area contributed by atoms with Gasteiger partial charge in [-0.05, 0) is 48.7 Å². The van der Waals surface area contributed by atoms with Gasteiger partial charge in [0.1, 0.15) is 5.78 Å². The van der Waals surface area contributed by atoms with E-state index >= 15 is 0 Å². The Labute approximate surface area is 176 Å². The first-order valence-electron chi connectivity index (χ1n) is 9.22. The van der Waals surface area contributed by atoms with Crippen LogP contribution in [0.2, 0.25) is 0 Å². The van der Waals surface area contributed by atoms with Gasteiger partial charge in [0.25, 0.3) is 5.69 Å². The molecule has 0 atom stereocenters. The van der Waals surface area contributed by atoms with E-state index in [1.165, 1.54) is 24.8 Å². The van der Waals surface area contributed by atoms with Crippen molar-refractivity contribution in [2.75, 3.05) is 5.75 Å². The number of benzene rings is 2. The summed E-state index contributed by atoms with van der Waals surface area (Å²) < 4.78 is 2.06. The lowest BCUT2D eigenvalue weighted by molar-refractivity contribution is -0.384. The van der Waals surface area contributed by atoms with Crippen molar-refractivity contribution in [3.63, 3.8) is 0 Å². The molecule has 8 nitrogen and oxygen atoms in total. The number of thioether (sulfide) groups is 1. The second-order valence-electron chi connectivity index (χ2n) is 7.15. The smallest absolute Gasteiger partial charge is 0.270 e. The fourth-order valence-electron chi connectivity index (χ4n) is 3.40. The first-order valence-corrected chi connectivity index (χ1v) is 10.2. The summed E-state index contributed by atoms with van der Waals surface area (Å²) in [7, 11) is 1.99. The number of nitro groups is 1. The highest BCUT2D eigenvalue weighted by atomic mass is 32.2. The van der Waals surface area contributed by atoms with E-state index in [9.17, 15) is 14.9 Å². The van der Waals surface area contributed by atoms with Gasteiger partial charge in [-0.2, -0.15) is 0 Å². The number of non-ortho nitro benzene ring substituents is 1. The molecule has 0 spiro atoms. The predicted molar refractivity (Wildman–Crippen MR) is 117 cm³/mol. The first kappa shape index (κ1) is 19.8. The summed E-state index contributed by atoms with van der Waals surface area (Å²) in [6.45, 7) is 3.54. The second kappa shape index (κ2) is 7.75. The number of nitrogens with zero attached hydrogens (tertiary/aromatic N) is 4. The van der Waals surface area contributed by atoms with E-state index in [1.54, 1.807) is 6.07 Å². The van der Waals surface area contributed by atoms with Crippen molar-refractivity contribution in [1.29, 1.82) is 0 Å². The van der Waals surface area contributed by atoms with Crippen molar-refractivity contribution in [3.8, 4) is 22.5 Å². The van der Waals surface area contributed by atoms with Crippen molar-refractivity contribution in [1.82, 2.24) is 19.7 Å². The van der Waals surface area contributed by atoms with Gasteiger partial charge in [0.05, 0.1) is 10.7 Å². The molecule has 0 fully saturated rings. The Kier molecular flexibility index (Phi) is 5.13. The number of ketones is 1. The van der Waals surface area contributed by atoms with Gasteiger partial charge in [-0.3, -0.25) is 14.9 Å². The fourth-order valence-corrected chi connectivity index (χ4v) is 4.01. The van der Waals surface area contributed by atoms with Crippen LogP contribution in [0.25, 0.3) is 33.4 Å². The molecule has 0 aliphatic carbocycles. The lowest BCUT2D eigenvalue weighted by Gasteiger charge is -2.06. The van der Waals surface area contributed by atoms with Crippen LogP contribution in [0.5, 0.6) is 0 Å². The Morgan fingerprint density at radius 2 is 1.93 bits per heavy atom. The molecule has 0 aliphatic rings. The summed E-state index contributed by atoms with van der Waals surface area (Å²) in [6.07, 6.45) is 2.06. The third-order valence-corrected chi connectivity index (χ3v) is 5.81. The topological polar surface area (TPSA) is 107 Å². The number of carbonyl (C=O) groups is 1. The largest absolute Gasteiger partial charge is 0.350 e. The van der Waals surface area contributed by atoms with E-state index in [4.69, 9.17) is 0 Å². The molecule has 2 aromatic carbocycles. The van der Waals surface area contributed by atoms with Crippen LogP contribution >= 0.6 is 11.8 Å². The zero-order valence-electron chi connectivity index (χ0n) is 16.7. The molecule has 152 valence electrons. The molecule has 0 amide bonds. The number of H-pyrrole nitrogens is 1. The van der Waals surface area contributed by atoms with Crippen LogP contribution in [0.3, 0.4) is 0 Å². The van der Waals surface area contributed by atoms with Gasteiger partial charge in [0, 0.05) is 41.8 Å². The number of nitrogens with one attached hydrogen (secondary N) is 1. The van der Waals surface area contributed by atoms with Gasteiger partial charge in [-0.25, -0.2) is 0 Å². The number of Topliss-reactive ketones (excluding diaryl/α,β-unsaturated/α-hetero) is 1. The van der Waals surface area contributed by atoms with Crippen molar-refractivity contribution in [3.05, 3.63) is 58.3 Å². The quantitative estimate of drug-likeness (QED) is 0.278. The maximum Gasteiger partial charge on any atom is 0.270 e. The molecule has 9 heteroatoms. The lowest BCUT2D eigenvalue weighted by atomic mass is 10.00. The van der Waals surface area contributed by atoms with Gasteiger partial charge < -0.3 is 9.55 Å². The SMILES string of the molecule is CC(=O)CSc1nnc(-c2cc(-c3ccc4c(c3)c(C)cn4C)cc([N+](=O)[O-])c2)[nH]1. The van der Waals surface area contributed by atoms with Crippen LogP contribution in [0.1, 0.15) is 12.5 Å². The molecular formula is C21H19N5O3S. The van der Waals surface area contributed by atoms with E-state index < -0.39 is 4.92 Å². The summed E-state index contributed by atoms with van der Waals surface area (Å²) in [5.74, 6) is 0.732. The highest BCUT2D eigenvalue weighted by Gasteiger charge is 2.16. The molecule has 4 rings (SSSR count). The summed E-state index contributed by atoms with van der Waals surface area (Å²) in [6, 6.07) is 10.9. The Morgan fingerprint density at radius 1 is 1.17 bits per heavy atom. The Morgan fingerprint density at radius 3 is 2.67 bits per heavy atom. The number of rotatable bonds is 6. The Bertz CT molecular complexity index is 1290. The number of hydrogen-bond donors (Lipinski definition) is 1. The van der Waals surface area contributed by atoms with Crippen molar-refractivity contribution < 1.29 is 9.72 Å². The highest BCUT2D eigenvalue weighted by Crippen LogP contribution is 2.33. The average molecular weight is 421 g/mol. The molecule has 4 aromatic rings. The summed E-state index contributed by atoms with van der Waals surface area (Å²) >= 11 is 1.25. The molecule has 30 heavy (non-hydrogen) atoms. The molecule has 0 unspecified atom stereocenters. The van der Waals surface area contributed by atoms with E-state index in [1.807, 2.05) is 38.2 Å². The predicted octanol–water partition coefficient (Wildman–Crippen LogP) is 4.53. The van der Waals surface area contributed by atoms with Crippen LogP contribution < -0.4 is 0 Å². The van der Waals surface area contributed by atoms with Crippen molar-refractivity contribution in [2.45, 2.75) is 19.0 Å². The van der Waals surface area contributed by atoms with Crippen LogP contribution in [0.15, 0.2) is 47.8 Å². The van der Waals surface area contributed by atoms with Gasteiger partial charge in [-0.1, -0.05) is 17.8 Å². The molecule has 0 saturated heterocycles. The van der Waals surface area contributed by atoms with Crippen molar-refractivity contribution >= 4 is 34.1 Å². The molecule has 2 aromatic heterocycles. The Hall–Kier alpha value is -3.46. The van der Waals surface area contributed by atoms with Gasteiger partial charge in [0.15, 0.2) is 11.0 Å². The summed E-state index contributed by atoms with van der Waals surface area (Å²) in [5.41, 5.74) is 4.38. The number of carbonyl (C=O) groups excluding carboxylic acids is 1. The minimum absolute atomic E-state index is 0.0262. The monoisotopic (exact) mass is 421 g/mol. The number of aromatic nitrogens is 4. The third kappa shape index (κ3) is 3.84. The number of fused-ring (bicyclic) bond motifs is 1. The van der Waals surface area contributed by atoms with Crippen LogP contribution in [0, 0.1) is 17.0 Å². The number of aromatic amines is 1. The third-order valence-electron chi connectivity index (χ3n) is 4.80. The van der Waals surface area contributed by atoms with Gasteiger partial charge in [0.2, 0.25) is 0 Å². The lowest BCUT2D eigenvalue weighted by Crippen LogP contribution is -1.93. The van der Waals surface area contributed by atoms with E-state index in [0.29, 0.717) is 16.5 Å². The van der Waals surface area contributed by atoms with E-state index in [0.717, 1.165) is 27.6 Å². The molecule has 0 saturated carbocycles. The van der Waals surface area contributed by atoms with Crippen LogP contribution in [-0.4, -0.2) is 36.2 Å². The first-order chi connectivity index (χ1) is 14.3. The summed E-state index contributed by atoms with van der Waals surface area (Å²) in [5, 5.41) is 21.3. The second-order valence-corrected chi connectivity index (χ2v) is 8.11. The molecule has 0 bridgehead atoms.